The summed E-state index contributed by atoms with van der Waals surface area (Å²) in [7, 11) is 3.89. The SMILES string of the molecule is COCc1nc(N(C)CC2CC2)sc1CNCC(C)C. The number of nitrogens with one attached hydrogen (secondary N) is 1. The molecule has 1 saturated carbocycles. The minimum absolute atomic E-state index is 0.604. The lowest BCUT2D eigenvalue weighted by molar-refractivity contribution is 0.181. The molecule has 1 aromatic rings. The van der Waals surface area contributed by atoms with Crippen LogP contribution in [-0.4, -0.2) is 32.2 Å². The summed E-state index contributed by atoms with van der Waals surface area (Å²) >= 11 is 1.80. The zero-order chi connectivity index (χ0) is 14.5. The summed E-state index contributed by atoms with van der Waals surface area (Å²) in [5, 5.41) is 4.63. The summed E-state index contributed by atoms with van der Waals surface area (Å²) in [6, 6.07) is 0. The van der Waals surface area contributed by atoms with E-state index >= 15 is 0 Å². The highest BCUT2D eigenvalue weighted by molar-refractivity contribution is 7.15. The van der Waals surface area contributed by atoms with Gasteiger partial charge >= 0.3 is 0 Å². The summed E-state index contributed by atoms with van der Waals surface area (Å²) in [4.78, 5) is 8.37. The molecule has 0 atom stereocenters. The minimum atomic E-state index is 0.604. The van der Waals surface area contributed by atoms with Crippen LogP contribution in [0.15, 0.2) is 0 Å². The lowest BCUT2D eigenvalue weighted by Crippen LogP contribution is -2.19. The molecule has 0 radical (unpaired) electrons. The number of methoxy groups -OCH3 is 1. The zero-order valence-corrected chi connectivity index (χ0v) is 13.9. The van der Waals surface area contributed by atoms with Gasteiger partial charge in [0.1, 0.15) is 0 Å². The van der Waals surface area contributed by atoms with Gasteiger partial charge in [-0.2, -0.15) is 0 Å². The molecule has 0 unspecified atom stereocenters. The summed E-state index contributed by atoms with van der Waals surface area (Å²) in [6.07, 6.45) is 2.76. The summed E-state index contributed by atoms with van der Waals surface area (Å²) in [5.41, 5.74) is 1.09. The highest BCUT2D eigenvalue weighted by Crippen LogP contribution is 2.33. The Hall–Kier alpha value is -0.650. The smallest absolute Gasteiger partial charge is 0.185 e. The molecule has 0 saturated heterocycles. The van der Waals surface area contributed by atoms with E-state index < -0.39 is 0 Å². The van der Waals surface area contributed by atoms with Crippen molar-refractivity contribution in [1.29, 1.82) is 0 Å². The quantitative estimate of drug-likeness (QED) is 0.760. The third-order valence-electron chi connectivity index (χ3n) is 3.44. The van der Waals surface area contributed by atoms with Gasteiger partial charge in [-0.1, -0.05) is 13.8 Å². The molecule has 1 N–H and O–H groups in total. The van der Waals surface area contributed by atoms with Crippen LogP contribution in [0.3, 0.4) is 0 Å². The zero-order valence-electron chi connectivity index (χ0n) is 13.1. The second-order valence-electron chi connectivity index (χ2n) is 6.15. The van der Waals surface area contributed by atoms with E-state index in [0.717, 1.165) is 36.4 Å². The number of thiazole rings is 1. The van der Waals surface area contributed by atoms with Gasteiger partial charge in [0.15, 0.2) is 5.13 Å². The van der Waals surface area contributed by atoms with E-state index in [2.05, 4.69) is 31.1 Å². The Labute approximate surface area is 126 Å². The van der Waals surface area contributed by atoms with Crippen molar-refractivity contribution in [2.24, 2.45) is 11.8 Å². The molecule has 0 bridgehead atoms. The molecule has 0 aliphatic heterocycles. The standard InChI is InChI=1S/C15H27N3OS/c1-11(2)7-16-8-14-13(10-19-4)17-15(20-14)18(3)9-12-5-6-12/h11-12,16H,5-10H2,1-4H3. The molecule has 1 aromatic heterocycles. The van der Waals surface area contributed by atoms with Crippen molar-refractivity contribution in [2.45, 2.75) is 39.8 Å². The van der Waals surface area contributed by atoms with E-state index in [1.807, 2.05) is 0 Å². The maximum Gasteiger partial charge on any atom is 0.185 e. The van der Waals surface area contributed by atoms with Crippen LogP contribution in [-0.2, 0) is 17.9 Å². The Bertz CT molecular complexity index is 415. The fourth-order valence-corrected chi connectivity index (χ4v) is 3.16. The molecule has 1 heterocycles. The van der Waals surface area contributed by atoms with Crippen LogP contribution in [0.25, 0.3) is 0 Å². The van der Waals surface area contributed by atoms with Gasteiger partial charge in [-0.15, -0.1) is 11.3 Å². The Balaban J connectivity index is 1.97. The molecule has 0 amide bonds. The van der Waals surface area contributed by atoms with Gasteiger partial charge in [0, 0.05) is 32.1 Å². The first-order valence-corrected chi connectivity index (χ1v) is 8.31. The highest BCUT2D eigenvalue weighted by Gasteiger charge is 2.24. The van der Waals surface area contributed by atoms with E-state index in [1.165, 1.54) is 17.7 Å². The molecule has 5 heteroatoms. The van der Waals surface area contributed by atoms with Crippen molar-refractivity contribution in [3.8, 4) is 0 Å². The molecule has 114 valence electrons. The van der Waals surface area contributed by atoms with Crippen molar-refractivity contribution in [2.75, 3.05) is 32.1 Å². The summed E-state index contributed by atoms with van der Waals surface area (Å²) in [6.45, 7) is 8.13. The molecule has 1 fully saturated rings. The van der Waals surface area contributed by atoms with Crippen LogP contribution >= 0.6 is 11.3 Å². The van der Waals surface area contributed by atoms with Gasteiger partial charge in [0.05, 0.1) is 12.3 Å². The number of hydrogen-bond acceptors (Lipinski definition) is 5. The third kappa shape index (κ3) is 4.72. The lowest BCUT2D eigenvalue weighted by atomic mass is 10.2. The van der Waals surface area contributed by atoms with Crippen molar-refractivity contribution in [3.05, 3.63) is 10.6 Å². The molecule has 0 aromatic carbocycles. The third-order valence-corrected chi connectivity index (χ3v) is 4.65. The number of aromatic nitrogens is 1. The van der Waals surface area contributed by atoms with Gasteiger partial charge in [-0.25, -0.2) is 4.98 Å². The normalized spacial score (nSPS) is 15.1. The monoisotopic (exact) mass is 297 g/mol. The Morgan fingerprint density at radius 1 is 1.45 bits per heavy atom. The second kappa shape index (κ2) is 7.38. The Kier molecular flexibility index (Phi) is 5.81. The molecule has 2 rings (SSSR count). The van der Waals surface area contributed by atoms with Crippen LogP contribution in [0.2, 0.25) is 0 Å². The lowest BCUT2D eigenvalue weighted by Gasteiger charge is -2.14. The summed E-state index contributed by atoms with van der Waals surface area (Å²) < 4.78 is 5.28. The first kappa shape index (κ1) is 15.7. The van der Waals surface area contributed by atoms with Gasteiger partial charge in [-0.05, 0) is 31.2 Å². The van der Waals surface area contributed by atoms with E-state index in [9.17, 15) is 0 Å². The van der Waals surface area contributed by atoms with Crippen LogP contribution < -0.4 is 10.2 Å². The minimum Gasteiger partial charge on any atom is -0.378 e. The predicted molar refractivity (Wildman–Crippen MR) is 85.4 cm³/mol. The largest absolute Gasteiger partial charge is 0.378 e. The topological polar surface area (TPSA) is 37.4 Å². The Morgan fingerprint density at radius 3 is 2.80 bits per heavy atom. The number of rotatable bonds is 9. The van der Waals surface area contributed by atoms with Crippen LogP contribution in [0.4, 0.5) is 5.13 Å². The molecular formula is C15H27N3OS. The van der Waals surface area contributed by atoms with Gasteiger partial charge in [0.2, 0.25) is 0 Å². The van der Waals surface area contributed by atoms with Crippen molar-refractivity contribution < 1.29 is 4.74 Å². The van der Waals surface area contributed by atoms with Gasteiger partial charge in [-0.3, -0.25) is 0 Å². The maximum absolute atomic E-state index is 5.28. The molecule has 1 aliphatic carbocycles. The fraction of sp³-hybridized carbons (Fsp3) is 0.800. The number of ether oxygens (including phenoxy) is 1. The first-order chi connectivity index (χ1) is 9.60. The van der Waals surface area contributed by atoms with E-state index in [0.29, 0.717) is 12.5 Å². The molecule has 4 nitrogen and oxygen atoms in total. The predicted octanol–water partition coefficient (Wildman–Crippen LogP) is 2.88. The summed E-state index contributed by atoms with van der Waals surface area (Å²) in [5.74, 6) is 1.56. The maximum atomic E-state index is 5.28. The fourth-order valence-electron chi connectivity index (χ4n) is 2.16. The number of hydrogen-bond donors (Lipinski definition) is 1. The molecular weight excluding hydrogens is 270 g/mol. The second-order valence-corrected chi connectivity index (χ2v) is 7.21. The van der Waals surface area contributed by atoms with E-state index in [-0.39, 0.29) is 0 Å². The average Bonchev–Trinajstić information content (AvgIpc) is 3.10. The number of anilines is 1. The molecule has 1 aliphatic rings. The van der Waals surface area contributed by atoms with Gasteiger partial charge in [0.25, 0.3) is 0 Å². The van der Waals surface area contributed by atoms with Crippen molar-refractivity contribution >= 4 is 16.5 Å². The van der Waals surface area contributed by atoms with Crippen LogP contribution in [0.5, 0.6) is 0 Å². The van der Waals surface area contributed by atoms with Crippen molar-refractivity contribution in [3.63, 3.8) is 0 Å². The van der Waals surface area contributed by atoms with E-state index in [4.69, 9.17) is 9.72 Å². The van der Waals surface area contributed by atoms with Gasteiger partial charge < -0.3 is 15.0 Å². The van der Waals surface area contributed by atoms with Crippen LogP contribution in [0, 0.1) is 11.8 Å². The highest BCUT2D eigenvalue weighted by atomic mass is 32.1. The Morgan fingerprint density at radius 2 is 2.20 bits per heavy atom. The van der Waals surface area contributed by atoms with Crippen molar-refractivity contribution in [1.82, 2.24) is 10.3 Å². The molecule has 0 spiro atoms. The average molecular weight is 297 g/mol. The molecule has 20 heavy (non-hydrogen) atoms. The van der Waals surface area contributed by atoms with E-state index in [1.54, 1.807) is 18.4 Å². The first-order valence-electron chi connectivity index (χ1n) is 7.49. The number of nitrogens with zero attached hydrogens (tertiary/aromatic N) is 2. The van der Waals surface area contributed by atoms with Crippen LogP contribution in [0.1, 0.15) is 37.3 Å².